The molecule has 1 aliphatic rings. The van der Waals surface area contributed by atoms with Crippen LogP contribution in [0.2, 0.25) is 0 Å². The van der Waals surface area contributed by atoms with E-state index in [0.29, 0.717) is 22.9 Å². The Morgan fingerprint density at radius 1 is 1.42 bits per heavy atom. The maximum atomic E-state index is 12.6. The molecule has 0 bridgehead atoms. The van der Waals surface area contributed by atoms with Crippen molar-refractivity contribution in [3.8, 4) is 11.5 Å². The van der Waals surface area contributed by atoms with E-state index in [2.05, 4.69) is 0 Å². The van der Waals surface area contributed by atoms with Crippen LogP contribution in [0.15, 0.2) is 18.2 Å². The van der Waals surface area contributed by atoms with Crippen molar-refractivity contribution < 1.29 is 14.3 Å². The molecule has 2 rings (SSSR count). The third-order valence-corrected chi connectivity index (χ3v) is 3.81. The molecule has 1 aromatic carbocycles. The van der Waals surface area contributed by atoms with Crippen molar-refractivity contribution in [3.63, 3.8) is 0 Å². The Balaban J connectivity index is 2.31. The zero-order chi connectivity index (χ0) is 13.8. The van der Waals surface area contributed by atoms with Crippen LogP contribution in [0.4, 0.5) is 0 Å². The van der Waals surface area contributed by atoms with Crippen LogP contribution >= 0.6 is 11.6 Å². The highest BCUT2D eigenvalue weighted by atomic mass is 35.5. The molecule has 1 amide bonds. The van der Waals surface area contributed by atoms with Gasteiger partial charge in [-0.1, -0.05) is 0 Å². The summed E-state index contributed by atoms with van der Waals surface area (Å²) in [6.07, 6.45) is 1.96. The number of methoxy groups -OCH3 is 2. The first kappa shape index (κ1) is 14.0. The molecule has 5 heteroatoms. The molecule has 104 valence electrons. The summed E-state index contributed by atoms with van der Waals surface area (Å²) in [7, 11) is 3.13. The fourth-order valence-electron chi connectivity index (χ4n) is 2.40. The highest BCUT2D eigenvalue weighted by molar-refractivity contribution is 6.18. The number of benzene rings is 1. The van der Waals surface area contributed by atoms with Crippen molar-refractivity contribution in [1.29, 1.82) is 0 Å². The average molecular weight is 284 g/mol. The standard InChI is InChI=1S/C14H18ClNO3/c1-18-11-5-6-13(19-2)12(8-11)14(17)16-7-3-4-10(16)9-15/h5-6,8,10H,3-4,7,9H2,1-2H3. The lowest BCUT2D eigenvalue weighted by atomic mass is 10.1. The SMILES string of the molecule is COc1ccc(OC)c(C(=O)N2CCCC2CCl)c1. The summed E-state index contributed by atoms with van der Waals surface area (Å²) < 4.78 is 10.4. The van der Waals surface area contributed by atoms with E-state index in [0.717, 1.165) is 19.4 Å². The molecular formula is C14H18ClNO3. The molecule has 1 fully saturated rings. The number of carbonyl (C=O) groups is 1. The molecule has 1 heterocycles. The third-order valence-electron chi connectivity index (χ3n) is 3.45. The first-order chi connectivity index (χ1) is 9.21. The fraction of sp³-hybridized carbons (Fsp3) is 0.500. The van der Waals surface area contributed by atoms with Crippen molar-refractivity contribution in [2.24, 2.45) is 0 Å². The maximum Gasteiger partial charge on any atom is 0.258 e. The molecule has 0 saturated carbocycles. The maximum absolute atomic E-state index is 12.6. The van der Waals surface area contributed by atoms with Gasteiger partial charge < -0.3 is 14.4 Å². The predicted octanol–water partition coefficient (Wildman–Crippen LogP) is 2.55. The van der Waals surface area contributed by atoms with Gasteiger partial charge in [0.1, 0.15) is 11.5 Å². The minimum Gasteiger partial charge on any atom is -0.497 e. The highest BCUT2D eigenvalue weighted by Gasteiger charge is 2.30. The van der Waals surface area contributed by atoms with Gasteiger partial charge in [0.2, 0.25) is 0 Å². The van der Waals surface area contributed by atoms with Gasteiger partial charge in [-0.3, -0.25) is 4.79 Å². The van der Waals surface area contributed by atoms with Gasteiger partial charge in [-0.15, -0.1) is 11.6 Å². The second kappa shape index (κ2) is 6.15. The number of likely N-dealkylation sites (tertiary alicyclic amines) is 1. The molecule has 1 aliphatic heterocycles. The van der Waals surface area contributed by atoms with Crippen molar-refractivity contribution in [2.75, 3.05) is 26.6 Å². The number of alkyl halides is 1. The second-order valence-electron chi connectivity index (χ2n) is 4.52. The molecule has 4 nitrogen and oxygen atoms in total. The predicted molar refractivity (Wildman–Crippen MR) is 74.3 cm³/mol. The lowest BCUT2D eigenvalue weighted by Gasteiger charge is -2.24. The normalized spacial score (nSPS) is 18.5. The summed E-state index contributed by atoms with van der Waals surface area (Å²) in [5.41, 5.74) is 0.527. The number of carbonyl (C=O) groups excluding carboxylic acids is 1. The summed E-state index contributed by atoms with van der Waals surface area (Å²) in [5.74, 6) is 1.63. The van der Waals surface area contributed by atoms with Crippen LogP contribution in [-0.2, 0) is 0 Å². The zero-order valence-corrected chi connectivity index (χ0v) is 11.9. The number of ether oxygens (including phenoxy) is 2. The van der Waals surface area contributed by atoms with Gasteiger partial charge in [0.15, 0.2) is 0 Å². The summed E-state index contributed by atoms with van der Waals surface area (Å²) in [5, 5.41) is 0. The smallest absolute Gasteiger partial charge is 0.258 e. The van der Waals surface area contributed by atoms with Crippen molar-refractivity contribution >= 4 is 17.5 Å². The van der Waals surface area contributed by atoms with Crippen LogP contribution < -0.4 is 9.47 Å². The van der Waals surface area contributed by atoms with E-state index in [1.807, 2.05) is 4.90 Å². The lowest BCUT2D eigenvalue weighted by Crippen LogP contribution is -2.36. The quantitative estimate of drug-likeness (QED) is 0.797. The van der Waals surface area contributed by atoms with Crippen molar-refractivity contribution in [1.82, 2.24) is 4.90 Å². The monoisotopic (exact) mass is 283 g/mol. The lowest BCUT2D eigenvalue weighted by molar-refractivity contribution is 0.0745. The Morgan fingerprint density at radius 2 is 2.21 bits per heavy atom. The van der Waals surface area contributed by atoms with E-state index < -0.39 is 0 Å². The van der Waals surface area contributed by atoms with Gasteiger partial charge in [-0.25, -0.2) is 0 Å². The van der Waals surface area contributed by atoms with E-state index in [1.54, 1.807) is 32.4 Å². The van der Waals surface area contributed by atoms with E-state index in [-0.39, 0.29) is 11.9 Å². The van der Waals surface area contributed by atoms with Gasteiger partial charge >= 0.3 is 0 Å². The molecule has 0 aromatic heterocycles. The number of hydrogen-bond acceptors (Lipinski definition) is 3. The van der Waals surface area contributed by atoms with E-state index in [9.17, 15) is 4.79 Å². The van der Waals surface area contributed by atoms with Crippen LogP contribution in [0.1, 0.15) is 23.2 Å². The molecular weight excluding hydrogens is 266 g/mol. The summed E-state index contributed by atoms with van der Waals surface area (Å²) >= 11 is 5.92. The summed E-state index contributed by atoms with van der Waals surface area (Å²) in [6, 6.07) is 5.35. The van der Waals surface area contributed by atoms with Crippen LogP contribution in [0.25, 0.3) is 0 Å². The topological polar surface area (TPSA) is 38.8 Å². The first-order valence-corrected chi connectivity index (χ1v) is 6.83. The zero-order valence-electron chi connectivity index (χ0n) is 11.2. The minimum absolute atomic E-state index is 0.0427. The van der Waals surface area contributed by atoms with Crippen LogP contribution in [0.3, 0.4) is 0 Å². The molecule has 1 unspecified atom stereocenters. The minimum atomic E-state index is -0.0427. The molecule has 1 aromatic rings. The molecule has 0 spiro atoms. The number of nitrogens with zero attached hydrogens (tertiary/aromatic N) is 1. The summed E-state index contributed by atoms with van der Waals surface area (Å²) in [6.45, 7) is 0.747. The molecule has 0 radical (unpaired) electrons. The first-order valence-electron chi connectivity index (χ1n) is 6.30. The fourth-order valence-corrected chi connectivity index (χ4v) is 2.72. The van der Waals surface area contributed by atoms with Crippen LogP contribution in [-0.4, -0.2) is 43.5 Å². The van der Waals surface area contributed by atoms with Gasteiger partial charge in [0.25, 0.3) is 5.91 Å². The average Bonchev–Trinajstić information content (AvgIpc) is 2.94. The van der Waals surface area contributed by atoms with Crippen molar-refractivity contribution in [3.05, 3.63) is 23.8 Å². The Morgan fingerprint density at radius 3 is 2.84 bits per heavy atom. The Hall–Kier alpha value is -1.42. The Labute approximate surface area is 118 Å². The van der Waals surface area contributed by atoms with Gasteiger partial charge in [0, 0.05) is 18.5 Å². The van der Waals surface area contributed by atoms with E-state index >= 15 is 0 Å². The molecule has 0 aliphatic carbocycles. The second-order valence-corrected chi connectivity index (χ2v) is 4.82. The van der Waals surface area contributed by atoms with E-state index in [1.165, 1.54) is 0 Å². The van der Waals surface area contributed by atoms with Gasteiger partial charge in [-0.05, 0) is 31.0 Å². The number of halogens is 1. The molecule has 0 N–H and O–H groups in total. The number of rotatable bonds is 4. The third kappa shape index (κ3) is 2.78. The van der Waals surface area contributed by atoms with Crippen LogP contribution in [0, 0.1) is 0 Å². The van der Waals surface area contributed by atoms with Gasteiger partial charge in [-0.2, -0.15) is 0 Å². The summed E-state index contributed by atoms with van der Waals surface area (Å²) in [4.78, 5) is 14.4. The molecule has 1 saturated heterocycles. The van der Waals surface area contributed by atoms with E-state index in [4.69, 9.17) is 21.1 Å². The Bertz CT molecular complexity index is 464. The number of hydrogen-bond donors (Lipinski definition) is 0. The Kier molecular flexibility index (Phi) is 4.53. The molecule has 1 atom stereocenters. The highest BCUT2D eigenvalue weighted by Crippen LogP contribution is 2.28. The van der Waals surface area contributed by atoms with Crippen LogP contribution in [0.5, 0.6) is 11.5 Å². The largest absolute Gasteiger partial charge is 0.497 e. The van der Waals surface area contributed by atoms with Gasteiger partial charge in [0.05, 0.1) is 19.8 Å². The van der Waals surface area contributed by atoms with Crippen molar-refractivity contribution in [2.45, 2.75) is 18.9 Å². The molecule has 19 heavy (non-hydrogen) atoms. The number of amides is 1.